The van der Waals surface area contributed by atoms with Gasteiger partial charge in [-0.1, -0.05) is 20.8 Å². The van der Waals surface area contributed by atoms with Crippen LogP contribution < -0.4 is 15.1 Å². The third kappa shape index (κ3) is 13.9. The van der Waals surface area contributed by atoms with Crippen LogP contribution in [-0.2, 0) is 47.5 Å². The number of esters is 1. The van der Waals surface area contributed by atoms with E-state index in [0.29, 0.717) is 63.6 Å². The van der Waals surface area contributed by atoms with Crippen molar-refractivity contribution in [3.8, 4) is 0 Å². The molecule has 0 bridgehead atoms. The van der Waals surface area contributed by atoms with Gasteiger partial charge in [0.15, 0.2) is 12.6 Å². The van der Waals surface area contributed by atoms with Gasteiger partial charge >= 0.3 is 12.1 Å². The van der Waals surface area contributed by atoms with Crippen LogP contribution in [0.25, 0.3) is 0 Å². The SMILES string of the molecule is CC[C@H]1OC(=O)[C@H](C)[C@@H](O[C@H]2C[C@@](C)(OC)[C@@H](O)[C@H](C)O2)[C@H](C)[C@@H](O[C@@H]2O[C@H](C)C[C@H](N(C)C[C@@H]3C[C@H]3C(=O)NC[C@H]3CN(c4ccc(N5CCOCC5)c(F)c4)C(=O)O3)[C@H]2O)[C@](C)(O)C[C@@H](C)CN(C)[C@H](C)[C@@H](O)[C@]1(C)O. The van der Waals surface area contributed by atoms with Crippen molar-refractivity contribution in [2.24, 2.45) is 29.6 Å². The minimum Gasteiger partial charge on any atom is -0.459 e. The molecule has 1 aliphatic carbocycles. The van der Waals surface area contributed by atoms with Crippen LogP contribution in [0, 0.1) is 35.4 Å². The Balaban J connectivity index is 1.05. The predicted molar refractivity (Wildman–Crippen MR) is 285 cm³/mol. The van der Waals surface area contributed by atoms with Crippen molar-refractivity contribution < 1.29 is 82.2 Å². The number of halogens is 1. The molecule has 6 N–H and O–H groups in total. The molecule has 7 rings (SSSR count). The second kappa shape index (κ2) is 25.4. The Labute approximate surface area is 460 Å². The molecule has 22 heteroatoms. The van der Waals surface area contributed by atoms with Gasteiger partial charge in [-0.2, -0.15) is 0 Å². The molecular weight excluding hydrogens is 1020 g/mol. The number of carbonyl (C=O) groups excluding carboxylic acids is 3. The Hall–Kier alpha value is -3.36. The third-order valence-corrected chi connectivity index (χ3v) is 17.9. The van der Waals surface area contributed by atoms with Gasteiger partial charge in [0.25, 0.3) is 0 Å². The standard InChI is InChI=1S/C56H92FN5O16/c1-14-43-56(10,70)47(64)34(6)59(11)27-30(2)24-54(8,69)49(32(4)46(33(5)51(67)76-43)77-44-25-55(9,71-13)48(65)35(7)74-44)78-52-45(63)42(21-31(3)73-52)60(12)28-36-22-39(36)50(66)58-26-38-29-62(53(68)75-38)37-15-16-41(40(57)23-37)61-17-19-72-20-18-61/h15-16,23,30-36,38-39,42-49,52,63-65,69-70H,14,17-22,24-29H2,1-13H3,(H,58,66)/t30-,31-,32+,33-,34-,35+,36+,38+,39-,42+,43-,44+,45-,46+,47-,48+,49-,52+,54-,55-,56-/m1/s1. The van der Waals surface area contributed by atoms with E-state index in [2.05, 4.69) is 5.32 Å². The van der Waals surface area contributed by atoms with E-state index < -0.39 is 126 Å². The van der Waals surface area contributed by atoms with E-state index in [1.807, 2.05) is 42.6 Å². The molecule has 0 aromatic heterocycles. The summed E-state index contributed by atoms with van der Waals surface area (Å²) < 4.78 is 64.5. The fourth-order valence-corrected chi connectivity index (χ4v) is 12.8. The van der Waals surface area contributed by atoms with E-state index in [0.717, 1.165) is 0 Å². The van der Waals surface area contributed by atoms with E-state index in [1.54, 1.807) is 60.6 Å². The van der Waals surface area contributed by atoms with Crippen molar-refractivity contribution in [2.45, 2.75) is 198 Å². The summed E-state index contributed by atoms with van der Waals surface area (Å²) in [6.07, 6.45) is -10.3. The highest BCUT2D eigenvalue weighted by atomic mass is 19.1. The predicted octanol–water partition coefficient (Wildman–Crippen LogP) is 3.02. The van der Waals surface area contributed by atoms with Crippen molar-refractivity contribution in [1.82, 2.24) is 15.1 Å². The topological polar surface area (TPSA) is 251 Å². The average molecular weight is 1110 g/mol. The molecule has 21 nitrogen and oxygen atoms in total. The number of ether oxygens (including phenoxy) is 8. The first-order valence-electron chi connectivity index (χ1n) is 28.3. The first-order chi connectivity index (χ1) is 36.6. The van der Waals surface area contributed by atoms with E-state index in [-0.39, 0.29) is 56.0 Å². The molecule has 6 fully saturated rings. The molecule has 5 saturated heterocycles. The van der Waals surface area contributed by atoms with Gasteiger partial charge in [0, 0.05) is 63.6 Å². The number of amides is 2. The number of hydrogen-bond donors (Lipinski definition) is 6. The molecule has 78 heavy (non-hydrogen) atoms. The second-order valence-corrected chi connectivity index (χ2v) is 24.3. The lowest BCUT2D eigenvalue weighted by atomic mass is 9.77. The van der Waals surface area contributed by atoms with Crippen LogP contribution in [0.15, 0.2) is 18.2 Å². The molecule has 1 aromatic rings. The maximum absolute atomic E-state index is 15.2. The molecule has 0 unspecified atom stereocenters. The quantitative estimate of drug-likeness (QED) is 0.147. The molecule has 21 atom stereocenters. The number of nitrogens with one attached hydrogen (secondary N) is 1. The lowest BCUT2D eigenvalue weighted by Crippen LogP contribution is -2.61. The number of hydrogen-bond acceptors (Lipinski definition) is 19. The lowest BCUT2D eigenvalue weighted by Gasteiger charge is -2.49. The average Bonchev–Trinajstić information content (AvgIpc) is 4.07. The van der Waals surface area contributed by atoms with Gasteiger partial charge in [0.05, 0.1) is 79.2 Å². The molecule has 444 valence electrons. The normalized spacial score (nSPS) is 42.7. The van der Waals surface area contributed by atoms with Crippen molar-refractivity contribution in [1.29, 1.82) is 0 Å². The van der Waals surface area contributed by atoms with E-state index in [4.69, 9.17) is 37.9 Å². The lowest BCUT2D eigenvalue weighted by molar-refractivity contribution is -0.318. The molecule has 2 amide bonds. The highest BCUT2D eigenvalue weighted by molar-refractivity contribution is 5.90. The smallest absolute Gasteiger partial charge is 0.414 e. The molecule has 5 aliphatic heterocycles. The summed E-state index contributed by atoms with van der Waals surface area (Å²) in [6.45, 7) is 20.6. The van der Waals surface area contributed by atoms with Crippen molar-refractivity contribution in [3.63, 3.8) is 0 Å². The molecule has 5 heterocycles. The number of rotatable bonds is 14. The Morgan fingerprint density at radius 1 is 0.936 bits per heavy atom. The number of aliphatic hydroxyl groups excluding tert-OH is 3. The number of methoxy groups -OCH3 is 1. The zero-order valence-electron chi connectivity index (χ0n) is 48.2. The number of anilines is 2. The summed E-state index contributed by atoms with van der Waals surface area (Å²) >= 11 is 0. The van der Waals surface area contributed by atoms with Gasteiger partial charge in [-0.3, -0.25) is 14.5 Å². The fraction of sp³-hybridized carbons (Fsp3) is 0.839. The number of carbonyl (C=O) groups is 3. The molecular formula is C56H92FN5O16. The van der Waals surface area contributed by atoms with E-state index >= 15 is 4.39 Å². The maximum atomic E-state index is 15.2. The highest BCUT2D eigenvalue weighted by Gasteiger charge is 2.54. The van der Waals surface area contributed by atoms with Crippen LogP contribution >= 0.6 is 0 Å². The van der Waals surface area contributed by atoms with Gasteiger partial charge in [-0.15, -0.1) is 0 Å². The summed E-state index contributed by atoms with van der Waals surface area (Å²) in [5, 5.41) is 62.8. The Bertz CT molecular complexity index is 2190. The van der Waals surface area contributed by atoms with Crippen LogP contribution in [0.2, 0.25) is 0 Å². The molecule has 1 aromatic carbocycles. The molecule has 0 spiro atoms. The minimum absolute atomic E-state index is 0.0377. The number of cyclic esters (lactones) is 2. The van der Waals surface area contributed by atoms with Gasteiger partial charge in [-0.05, 0) is 118 Å². The first-order valence-corrected chi connectivity index (χ1v) is 28.3. The summed E-state index contributed by atoms with van der Waals surface area (Å²) in [4.78, 5) is 48.1. The summed E-state index contributed by atoms with van der Waals surface area (Å²) in [5.74, 6) is -3.90. The zero-order valence-corrected chi connectivity index (χ0v) is 48.2. The van der Waals surface area contributed by atoms with Crippen LogP contribution in [-0.4, -0.2) is 223 Å². The fourth-order valence-electron chi connectivity index (χ4n) is 12.8. The number of likely N-dealkylation sites (N-methyl/N-ethyl adjacent to an activating group) is 2. The summed E-state index contributed by atoms with van der Waals surface area (Å²) in [7, 11) is 5.19. The summed E-state index contributed by atoms with van der Waals surface area (Å²) in [6, 6.07) is 3.57. The first kappa shape index (κ1) is 62.2. The van der Waals surface area contributed by atoms with Gasteiger partial charge in [0.2, 0.25) is 5.91 Å². The number of benzene rings is 1. The van der Waals surface area contributed by atoms with Crippen molar-refractivity contribution in [3.05, 3.63) is 24.0 Å². The van der Waals surface area contributed by atoms with Gasteiger partial charge in [0.1, 0.15) is 41.9 Å². The van der Waals surface area contributed by atoms with Crippen molar-refractivity contribution in [2.75, 3.05) is 83.5 Å². The highest BCUT2D eigenvalue weighted by Crippen LogP contribution is 2.43. The van der Waals surface area contributed by atoms with Crippen LogP contribution in [0.3, 0.4) is 0 Å². The monoisotopic (exact) mass is 1110 g/mol. The molecule has 6 aliphatic rings. The Morgan fingerprint density at radius 2 is 1.63 bits per heavy atom. The molecule has 0 radical (unpaired) electrons. The summed E-state index contributed by atoms with van der Waals surface area (Å²) in [5.41, 5.74) is -3.82. The number of nitrogens with zero attached hydrogens (tertiary/aromatic N) is 4. The largest absolute Gasteiger partial charge is 0.459 e. The zero-order chi connectivity index (χ0) is 57.3. The van der Waals surface area contributed by atoms with Gasteiger partial charge < -0.3 is 83.4 Å². The van der Waals surface area contributed by atoms with E-state index in [1.165, 1.54) is 25.0 Å². The maximum Gasteiger partial charge on any atom is 0.414 e. The van der Waals surface area contributed by atoms with Crippen LogP contribution in [0.1, 0.15) is 101 Å². The van der Waals surface area contributed by atoms with Crippen LogP contribution in [0.5, 0.6) is 0 Å². The second-order valence-electron chi connectivity index (χ2n) is 24.3. The van der Waals surface area contributed by atoms with Crippen molar-refractivity contribution >= 4 is 29.3 Å². The number of morpholine rings is 1. The van der Waals surface area contributed by atoms with Crippen LogP contribution in [0.4, 0.5) is 20.6 Å². The Kier molecular flexibility index (Phi) is 20.3. The molecule has 1 saturated carbocycles. The van der Waals surface area contributed by atoms with E-state index in [9.17, 15) is 39.9 Å². The van der Waals surface area contributed by atoms with Gasteiger partial charge in [-0.25, -0.2) is 9.18 Å². The Morgan fingerprint density at radius 3 is 2.28 bits per heavy atom. The number of aliphatic hydroxyl groups is 5. The third-order valence-electron chi connectivity index (χ3n) is 17.9. The minimum atomic E-state index is -1.86.